The van der Waals surface area contributed by atoms with Gasteiger partial charge in [0.1, 0.15) is 6.54 Å². The van der Waals surface area contributed by atoms with Crippen LogP contribution in [0.15, 0.2) is 17.5 Å². The van der Waals surface area contributed by atoms with E-state index in [2.05, 4.69) is 0 Å². The van der Waals surface area contributed by atoms with E-state index in [9.17, 15) is 9.59 Å². The lowest BCUT2D eigenvalue weighted by Crippen LogP contribution is -2.42. The van der Waals surface area contributed by atoms with Crippen molar-refractivity contribution >= 4 is 23.2 Å². The van der Waals surface area contributed by atoms with Crippen molar-refractivity contribution in [3.05, 3.63) is 22.4 Å². The summed E-state index contributed by atoms with van der Waals surface area (Å²) in [5.74, 6) is -0.397. The molecule has 0 radical (unpaired) electrons. The molecule has 0 aliphatic heterocycles. The summed E-state index contributed by atoms with van der Waals surface area (Å²) < 4.78 is 4.88. The van der Waals surface area contributed by atoms with Gasteiger partial charge in [0.25, 0.3) is 0 Å². The van der Waals surface area contributed by atoms with E-state index < -0.39 is 0 Å². The summed E-state index contributed by atoms with van der Waals surface area (Å²) in [6, 6.07) is 3.82. The Labute approximate surface area is 112 Å². The Hall–Kier alpha value is -1.36. The number of esters is 1. The van der Waals surface area contributed by atoms with Gasteiger partial charge in [-0.25, -0.2) is 0 Å². The molecule has 100 valence electrons. The molecular formula is C13H19NO3S. The van der Waals surface area contributed by atoms with E-state index in [1.807, 2.05) is 31.4 Å². The third-order valence-electron chi connectivity index (χ3n) is 2.45. The lowest BCUT2D eigenvalue weighted by atomic mass is 10.2. The van der Waals surface area contributed by atoms with Gasteiger partial charge in [0.2, 0.25) is 5.91 Å². The SMILES string of the molecule is CCOC(=O)CN(C(=O)Cc1cccs1)C(C)C. The van der Waals surface area contributed by atoms with Gasteiger partial charge in [0.15, 0.2) is 0 Å². The molecule has 1 aromatic rings. The molecule has 0 N–H and O–H groups in total. The molecule has 5 heteroatoms. The van der Waals surface area contributed by atoms with Crippen molar-refractivity contribution in [2.24, 2.45) is 0 Å². The molecule has 1 heterocycles. The largest absolute Gasteiger partial charge is 0.465 e. The number of nitrogens with zero attached hydrogens (tertiary/aromatic N) is 1. The fourth-order valence-corrected chi connectivity index (χ4v) is 2.26. The number of rotatable bonds is 6. The molecule has 0 saturated heterocycles. The van der Waals surface area contributed by atoms with E-state index in [-0.39, 0.29) is 24.5 Å². The van der Waals surface area contributed by atoms with Crippen molar-refractivity contribution in [2.75, 3.05) is 13.2 Å². The van der Waals surface area contributed by atoms with Crippen LogP contribution < -0.4 is 0 Å². The smallest absolute Gasteiger partial charge is 0.325 e. The topological polar surface area (TPSA) is 46.6 Å². The predicted molar refractivity (Wildman–Crippen MR) is 71.5 cm³/mol. The predicted octanol–water partition coefficient (Wildman–Crippen LogP) is 2.09. The first-order chi connectivity index (χ1) is 8.54. The van der Waals surface area contributed by atoms with E-state index in [0.717, 1.165) is 4.88 Å². The Kier molecular flexibility index (Phi) is 5.85. The van der Waals surface area contributed by atoms with Gasteiger partial charge in [0.05, 0.1) is 13.0 Å². The van der Waals surface area contributed by atoms with Crippen LogP contribution in [0.5, 0.6) is 0 Å². The lowest BCUT2D eigenvalue weighted by molar-refractivity contribution is -0.149. The van der Waals surface area contributed by atoms with Gasteiger partial charge in [-0.05, 0) is 32.2 Å². The Balaban J connectivity index is 2.61. The fraction of sp³-hybridized carbons (Fsp3) is 0.538. The highest BCUT2D eigenvalue weighted by Gasteiger charge is 2.21. The van der Waals surface area contributed by atoms with Gasteiger partial charge in [-0.3, -0.25) is 9.59 Å². The van der Waals surface area contributed by atoms with Crippen molar-refractivity contribution in [1.82, 2.24) is 4.90 Å². The van der Waals surface area contributed by atoms with Gasteiger partial charge < -0.3 is 9.64 Å². The number of carbonyl (C=O) groups excluding carboxylic acids is 2. The van der Waals surface area contributed by atoms with Crippen molar-refractivity contribution in [3.63, 3.8) is 0 Å². The summed E-state index contributed by atoms with van der Waals surface area (Å²) >= 11 is 1.55. The molecule has 0 saturated carbocycles. The second kappa shape index (κ2) is 7.16. The van der Waals surface area contributed by atoms with E-state index >= 15 is 0 Å². The Morgan fingerprint density at radius 3 is 2.67 bits per heavy atom. The molecule has 1 aromatic heterocycles. The maximum Gasteiger partial charge on any atom is 0.325 e. The van der Waals surface area contributed by atoms with Crippen LogP contribution in [-0.4, -0.2) is 36.0 Å². The second-order valence-electron chi connectivity index (χ2n) is 4.18. The van der Waals surface area contributed by atoms with Crippen LogP contribution in [0.4, 0.5) is 0 Å². The van der Waals surface area contributed by atoms with Crippen molar-refractivity contribution in [3.8, 4) is 0 Å². The lowest BCUT2D eigenvalue weighted by Gasteiger charge is -2.25. The zero-order chi connectivity index (χ0) is 13.5. The highest BCUT2D eigenvalue weighted by Crippen LogP contribution is 2.12. The highest BCUT2D eigenvalue weighted by atomic mass is 32.1. The molecular weight excluding hydrogens is 250 g/mol. The summed E-state index contributed by atoms with van der Waals surface area (Å²) in [7, 11) is 0. The minimum atomic E-state index is -0.356. The van der Waals surface area contributed by atoms with Gasteiger partial charge in [-0.2, -0.15) is 0 Å². The zero-order valence-electron chi connectivity index (χ0n) is 11.0. The van der Waals surface area contributed by atoms with Crippen LogP contribution in [0.1, 0.15) is 25.6 Å². The molecule has 4 nitrogen and oxygen atoms in total. The molecule has 0 spiro atoms. The van der Waals surface area contributed by atoms with Crippen molar-refractivity contribution in [2.45, 2.75) is 33.2 Å². The zero-order valence-corrected chi connectivity index (χ0v) is 11.8. The fourth-order valence-electron chi connectivity index (χ4n) is 1.57. The third-order valence-corrected chi connectivity index (χ3v) is 3.33. The van der Waals surface area contributed by atoms with Gasteiger partial charge in [-0.15, -0.1) is 11.3 Å². The Morgan fingerprint density at radius 1 is 1.44 bits per heavy atom. The summed E-state index contributed by atoms with van der Waals surface area (Å²) in [4.78, 5) is 26.1. The second-order valence-corrected chi connectivity index (χ2v) is 5.21. The van der Waals surface area contributed by atoms with Crippen LogP contribution >= 0.6 is 11.3 Å². The summed E-state index contributed by atoms with van der Waals surface area (Å²) in [5, 5.41) is 1.94. The summed E-state index contributed by atoms with van der Waals surface area (Å²) in [6.07, 6.45) is 0.343. The van der Waals surface area contributed by atoms with E-state index in [0.29, 0.717) is 13.0 Å². The number of hydrogen-bond donors (Lipinski definition) is 0. The van der Waals surface area contributed by atoms with Crippen molar-refractivity contribution < 1.29 is 14.3 Å². The Morgan fingerprint density at radius 2 is 2.17 bits per heavy atom. The molecule has 0 aliphatic carbocycles. The first-order valence-electron chi connectivity index (χ1n) is 6.02. The maximum atomic E-state index is 12.1. The highest BCUT2D eigenvalue weighted by molar-refractivity contribution is 7.10. The quantitative estimate of drug-likeness (QED) is 0.743. The minimum Gasteiger partial charge on any atom is -0.465 e. The third kappa shape index (κ3) is 4.49. The first kappa shape index (κ1) is 14.7. The average molecular weight is 269 g/mol. The summed E-state index contributed by atoms with van der Waals surface area (Å²) in [6.45, 7) is 5.90. The van der Waals surface area contributed by atoms with Gasteiger partial charge in [0, 0.05) is 10.9 Å². The van der Waals surface area contributed by atoms with Gasteiger partial charge in [-0.1, -0.05) is 6.07 Å². The van der Waals surface area contributed by atoms with Crippen LogP contribution in [-0.2, 0) is 20.7 Å². The average Bonchev–Trinajstić information content (AvgIpc) is 2.78. The molecule has 0 unspecified atom stereocenters. The van der Waals surface area contributed by atoms with Crippen LogP contribution in [0.2, 0.25) is 0 Å². The van der Waals surface area contributed by atoms with E-state index in [4.69, 9.17) is 4.74 Å². The van der Waals surface area contributed by atoms with Crippen LogP contribution in [0, 0.1) is 0 Å². The number of carbonyl (C=O) groups is 2. The maximum absolute atomic E-state index is 12.1. The molecule has 1 rings (SSSR count). The standard InChI is InChI=1S/C13H19NO3S/c1-4-17-13(16)9-14(10(2)3)12(15)8-11-6-5-7-18-11/h5-7,10H,4,8-9H2,1-3H3. The van der Waals surface area contributed by atoms with E-state index in [1.54, 1.807) is 23.2 Å². The van der Waals surface area contributed by atoms with Crippen molar-refractivity contribution in [1.29, 1.82) is 0 Å². The van der Waals surface area contributed by atoms with Crippen LogP contribution in [0.3, 0.4) is 0 Å². The van der Waals surface area contributed by atoms with Crippen LogP contribution in [0.25, 0.3) is 0 Å². The van der Waals surface area contributed by atoms with Gasteiger partial charge >= 0.3 is 5.97 Å². The normalized spacial score (nSPS) is 10.4. The number of ether oxygens (including phenoxy) is 1. The minimum absolute atomic E-state index is 0.0122. The van der Waals surface area contributed by atoms with E-state index in [1.165, 1.54) is 0 Å². The Bertz CT molecular complexity index is 387. The number of amides is 1. The molecule has 0 atom stereocenters. The number of thiophene rings is 1. The summed E-state index contributed by atoms with van der Waals surface area (Å²) in [5.41, 5.74) is 0. The molecule has 18 heavy (non-hydrogen) atoms. The molecule has 0 aromatic carbocycles. The first-order valence-corrected chi connectivity index (χ1v) is 6.90. The molecule has 0 aliphatic rings. The molecule has 0 bridgehead atoms. The number of hydrogen-bond acceptors (Lipinski definition) is 4. The molecule has 1 amide bonds. The molecule has 0 fully saturated rings. The monoisotopic (exact) mass is 269 g/mol.